The molecule has 0 spiro atoms. The Morgan fingerprint density at radius 3 is 2.07 bits per heavy atom. The lowest BCUT2D eigenvalue weighted by Crippen LogP contribution is -2.08. The van der Waals surface area contributed by atoms with Crippen LogP contribution in [0.3, 0.4) is 0 Å². The van der Waals surface area contributed by atoms with Crippen LogP contribution in [-0.2, 0) is 12.8 Å². The van der Waals surface area contributed by atoms with Crippen LogP contribution >= 0.6 is 0 Å². The molecule has 0 aliphatic carbocycles. The van der Waals surface area contributed by atoms with Gasteiger partial charge in [-0.15, -0.1) is 0 Å². The fourth-order valence-corrected chi connectivity index (χ4v) is 1.69. The SMILES string of the molecule is [CH]=CCCc1ccc(CC(C)(C)C)cc1. The van der Waals surface area contributed by atoms with Crippen LogP contribution in [-0.4, -0.2) is 0 Å². The van der Waals surface area contributed by atoms with Gasteiger partial charge in [0.15, 0.2) is 0 Å². The van der Waals surface area contributed by atoms with Crippen LogP contribution in [0, 0.1) is 12.0 Å². The Hall–Kier alpha value is -1.04. The molecule has 1 radical (unpaired) electrons. The molecule has 0 fully saturated rings. The first kappa shape index (κ1) is 12.0. The van der Waals surface area contributed by atoms with E-state index in [0.717, 1.165) is 19.3 Å². The third kappa shape index (κ3) is 4.83. The largest absolute Gasteiger partial charge is 0.0842 e. The predicted octanol–water partition coefficient (Wildman–Crippen LogP) is 4.20. The summed E-state index contributed by atoms with van der Waals surface area (Å²) in [6.45, 7) is 12.2. The molecule has 0 aliphatic rings. The van der Waals surface area contributed by atoms with Crippen LogP contribution in [0.1, 0.15) is 38.3 Å². The van der Waals surface area contributed by atoms with Gasteiger partial charge in [0.25, 0.3) is 0 Å². The van der Waals surface area contributed by atoms with Gasteiger partial charge < -0.3 is 0 Å². The van der Waals surface area contributed by atoms with Crippen molar-refractivity contribution in [2.24, 2.45) is 5.41 Å². The Kier molecular flexibility index (Phi) is 4.14. The molecule has 0 amide bonds. The summed E-state index contributed by atoms with van der Waals surface area (Å²) in [5, 5.41) is 0. The summed E-state index contributed by atoms with van der Waals surface area (Å²) in [6.07, 6.45) is 4.87. The minimum Gasteiger partial charge on any atom is -0.0842 e. The maximum absolute atomic E-state index is 5.36. The quantitative estimate of drug-likeness (QED) is 0.685. The van der Waals surface area contributed by atoms with Gasteiger partial charge in [-0.05, 0) is 35.8 Å². The van der Waals surface area contributed by atoms with Crippen molar-refractivity contribution in [3.8, 4) is 0 Å². The van der Waals surface area contributed by atoms with E-state index in [4.69, 9.17) is 6.58 Å². The van der Waals surface area contributed by atoms with Crippen molar-refractivity contribution in [1.29, 1.82) is 0 Å². The molecular weight excluding hydrogens is 180 g/mol. The van der Waals surface area contributed by atoms with Gasteiger partial charge in [-0.25, -0.2) is 0 Å². The summed E-state index contributed by atoms with van der Waals surface area (Å²) in [5.74, 6) is 0. The zero-order valence-electron chi connectivity index (χ0n) is 10.1. The van der Waals surface area contributed by atoms with E-state index in [-0.39, 0.29) is 0 Å². The summed E-state index contributed by atoms with van der Waals surface area (Å²) in [6, 6.07) is 8.89. The molecule has 0 N–H and O–H groups in total. The maximum Gasteiger partial charge on any atom is -0.0230 e. The molecule has 0 bridgehead atoms. The van der Waals surface area contributed by atoms with Crippen molar-refractivity contribution in [1.82, 2.24) is 0 Å². The van der Waals surface area contributed by atoms with Gasteiger partial charge in [-0.2, -0.15) is 0 Å². The standard InChI is InChI=1S/C15H21/c1-5-6-7-13-8-10-14(11-9-13)12-15(2,3)4/h1,5,8-11H,6-7,12H2,2-4H3. The molecule has 15 heavy (non-hydrogen) atoms. The monoisotopic (exact) mass is 201 g/mol. The molecule has 0 nitrogen and oxygen atoms in total. The number of rotatable bonds is 4. The molecule has 1 aromatic rings. The average Bonchev–Trinajstić information content (AvgIpc) is 2.14. The van der Waals surface area contributed by atoms with Crippen LogP contribution in [0.2, 0.25) is 0 Å². The molecule has 0 unspecified atom stereocenters. The van der Waals surface area contributed by atoms with Crippen LogP contribution in [0.15, 0.2) is 30.3 Å². The van der Waals surface area contributed by atoms with E-state index >= 15 is 0 Å². The zero-order valence-corrected chi connectivity index (χ0v) is 10.1. The summed E-state index contributed by atoms with van der Waals surface area (Å²) < 4.78 is 0. The molecule has 0 heteroatoms. The number of benzene rings is 1. The molecule has 0 saturated heterocycles. The summed E-state index contributed by atoms with van der Waals surface area (Å²) in [4.78, 5) is 0. The highest BCUT2D eigenvalue weighted by Crippen LogP contribution is 2.20. The molecule has 0 aliphatic heterocycles. The third-order valence-corrected chi connectivity index (χ3v) is 2.36. The van der Waals surface area contributed by atoms with E-state index in [2.05, 4.69) is 45.0 Å². The highest BCUT2D eigenvalue weighted by molar-refractivity contribution is 5.23. The Morgan fingerprint density at radius 2 is 1.60 bits per heavy atom. The summed E-state index contributed by atoms with van der Waals surface area (Å²) in [5.41, 5.74) is 3.16. The average molecular weight is 201 g/mol. The normalized spacial score (nSPS) is 11.4. The van der Waals surface area contributed by atoms with E-state index in [1.165, 1.54) is 11.1 Å². The maximum atomic E-state index is 5.36. The van der Waals surface area contributed by atoms with Gasteiger partial charge in [0.2, 0.25) is 0 Å². The van der Waals surface area contributed by atoms with Crippen LogP contribution < -0.4 is 0 Å². The summed E-state index contributed by atoms with van der Waals surface area (Å²) in [7, 11) is 0. The molecule has 1 aromatic carbocycles. The van der Waals surface area contributed by atoms with E-state index in [9.17, 15) is 0 Å². The molecule has 1 rings (SSSR count). The second kappa shape index (κ2) is 5.16. The first-order valence-electron chi connectivity index (χ1n) is 5.62. The van der Waals surface area contributed by atoms with Crippen LogP contribution in [0.4, 0.5) is 0 Å². The van der Waals surface area contributed by atoms with Crippen molar-refractivity contribution in [3.05, 3.63) is 48.0 Å². The number of allylic oxidation sites excluding steroid dienone is 1. The number of aryl methyl sites for hydroxylation is 1. The third-order valence-electron chi connectivity index (χ3n) is 2.36. The van der Waals surface area contributed by atoms with E-state index in [0.29, 0.717) is 5.41 Å². The first-order chi connectivity index (χ1) is 7.01. The number of hydrogen-bond donors (Lipinski definition) is 0. The molecule has 81 valence electrons. The van der Waals surface area contributed by atoms with E-state index in [1.807, 2.05) is 0 Å². The first-order valence-corrected chi connectivity index (χ1v) is 5.62. The van der Waals surface area contributed by atoms with Crippen LogP contribution in [0.25, 0.3) is 0 Å². The second-order valence-corrected chi connectivity index (χ2v) is 5.33. The minimum atomic E-state index is 0.368. The highest BCUT2D eigenvalue weighted by Gasteiger charge is 2.10. The van der Waals surface area contributed by atoms with Gasteiger partial charge in [0, 0.05) is 0 Å². The molecular formula is C15H21. The lowest BCUT2D eigenvalue weighted by Gasteiger charge is -2.18. The van der Waals surface area contributed by atoms with Crippen molar-refractivity contribution in [2.75, 3.05) is 0 Å². The Labute approximate surface area is 94.0 Å². The van der Waals surface area contributed by atoms with Crippen molar-refractivity contribution in [2.45, 2.75) is 40.0 Å². The van der Waals surface area contributed by atoms with Gasteiger partial charge in [0.05, 0.1) is 0 Å². The molecule has 0 saturated carbocycles. The fraction of sp³-hybridized carbons (Fsp3) is 0.467. The Balaban J connectivity index is 2.60. The lowest BCUT2D eigenvalue weighted by molar-refractivity contribution is 0.411. The lowest BCUT2D eigenvalue weighted by atomic mass is 9.88. The fourth-order valence-electron chi connectivity index (χ4n) is 1.69. The summed E-state index contributed by atoms with van der Waals surface area (Å²) >= 11 is 0. The topological polar surface area (TPSA) is 0 Å². The van der Waals surface area contributed by atoms with Crippen molar-refractivity contribution < 1.29 is 0 Å². The number of hydrogen-bond acceptors (Lipinski definition) is 0. The van der Waals surface area contributed by atoms with Crippen LogP contribution in [0.5, 0.6) is 0 Å². The highest BCUT2D eigenvalue weighted by atomic mass is 14.2. The molecule has 0 atom stereocenters. The smallest absolute Gasteiger partial charge is 0.0230 e. The predicted molar refractivity (Wildman–Crippen MR) is 66.8 cm³/mol. The van der Waals surface area contributed by atoms with E-state index in [1.54, 1.807) is 6.08 Å². The second-order valence-electron chi connectivity index (χ2n) is 5.33. The van der Waals surface area contributed by atoms with Crippen molar-refractivity contribution >= 4 is 0 Å². The molecule has 0 heterocycles. The van der Waals surface area contributed by atoms with Gasteiger partial charge in [-0.3, -0.25) is 0 Å². The Morgan fingerprint density at radius 1 is 1.07 bits per heavy atom. The molecule has 0 aromatic heterocycles. The minimum absolute atomic E-state index is 0.368. The Bertz CT molecular complexity index is 298. The van der Waals surface area contributed by atoms with Crippen molar-refractivity contribution in [3.63, 3.8) is 0 Å². The van der Waals surface area contributed by atoms with Gasteiger partial charge >= 0.3 is 0 Å². The van der Waals surface area contributed by atoms with Gasteiger partial charge in [0.1, 0.15) is 0 Å². The van der Waals surface area contributed by atoms with Gasteiger partial charge in [-0.1, -0.05) is 57.7 Å². The zero-order chi connectivity index (χ0) is 11.3. The van der Waals surface area contributed by atoms with E-state index < -0.39 is 0 Å².